The van der Waals surface area contributed by atoms with Gasteiger partial charge in [0, 0.05) is 42.3 Å². The Hall–Kier alpha value is -0.597. The van der Waals surface area contributed by atoms with Crippen LogP contribution in [-0.2, 0) is 19.5 Å². The third-order valence-corrected chi connectivity index (χ3v) is 2.28. The van der Waals surface area contributed by atoms with Crippen LogP contribution >= 0.6 is 12.6 Å². The van der Waals surface area contributed by atoms with Crippen molar-refractivity contribution in [3.63, 3.8) is 0 Å². The van der Waals surface area contributed by atoms with Crippen molar-refractivity contribution in [3.8, 4) is 11.4 Å². The summed E-state index contributed by atoms with van der Waals surface area (Å²) in [5.41, 5.74) is 2.25. The first kappa shape index (κ1) is 11.5. The van der Waals surface area contributed by atoms with Crippen molar-refractivity contribution in [2.75, 3.05) is 0 Å². The summed E-state index contributed by atoms with van der Waals surface area (Å²) in [5.74, 6) is 0.866. The van der Waals surface area contributed by atoms with E-state index in [1.54, 1.807) is 6.20 Å². The van der Waals surface area contributed by atoms with Gasteiger partial charge in [0.25, 0.3) is 0 Å². The van der Waals surface area contributed by atoms with Crippen molar-refractivity contribution in [2.45, 2.75) is 11.8 Å². The van der Waals surface area contributed by atoms with Gasteiger partial charge in [0.15, 0.2) is 0 Å². The number of aromatic amines is 1. The zero-order valence-corrected chi connectivity index (χ0v) is 11.8. The molecule has 0 unspecified atom stereocenters. The van der Waals surface area contributed by atoms with Gasteiger partial charge in [-0.15, -0.1) is 12.6 Å². The van der Waals surface area contributed by atoms with Gasteiger partial charge in [0.1, 0.15) is 5.82 Å². The molecule has 1 aromatic heterocycles. The molecule has 1 heterocycles. The Morgan fingerprint density at radius 1 is 1.36 bits per heavy atom. The topological polar surface area (TPSA) is 28.7 Å². The fraction of sp³-hybridized carbons (Fsp3) is 0.100. The standard InChI is InChI=1S/C10H10N2S.Zn/c1-7-2-3-8(9(13)6-7)10-11-4-5-12-10;/h2-6,13H,1H3,(H,11,12);. The summed E-state index contributed by atoms with van der Waals surface area (Å²) in [6.07, 6.45) is 3.55. The molecule has 0 saturated heterocycles. The summed E-state index contributed by atoms with van der Waals surface area (Å²) in [5, 5.41) is 0. The molecule has 0 fully saturated rings. The van der Waals surface area contributed by atoms with Crippen LogP contribution in [0, 0.1) is 6.92 Å². The molecule has 0 aliphatic rings. The maximum absolute atomic E-state index is 4.39. The Balaban J connectivity index is 0.000000980. The third kappa shape index (κ3) is 2.25. The molecule has 4 heteroatoms. The summed E-state index contributed by atoms with van der Waals surface area (Å²) in [6.45, 7) is 2.05. The maximum atomic E-state index is 4.39. The van der Waals surface area contributed by atoms with E-state index in [0.29, 0.717) is 0 Å². The molecule has 0 bridgehead atoms. The molecule has 0 aliphatic carbocycles. The van der Waals surface area contributed by atoms with E-state index in [9.17, 15) is 0 Å². The second-order valence-electron chi connectivity index (χ2n) is 2.96. The zero-order chi connectivity index (χ0) is 9.26. The Bertz CT molecular complexity index is 412. The van der Waals surface area contributed by atoms with E-state index in [0.717, 1.165) is 16.3 Å². The largest absolute Gasteiger partial charge is 0.345 e. The van der Waals surface area contributed by atoms with Crippen LogP contribution in [0.25, 0.3) is 11.4 Å². The van der Waals surface area contributed by atoms with Gasteiger partial charge in [-0.2, -0.15) is 0 Å². The molecule has 2 rings (SSSR count). The number of thiol groups is 1. The van der Waals surface area contributed by atoms with Gasteiger partial charge < -0.3 is 4.98 Å². The maximum Gasteiger partial charge on any atom is 0.138 e. The number of nitrogens with one attached hydrogen (secondary N) is 1. The molecule has 0 atom stereocenters. The average molecular weight is 256 g/mol. The number of imidazole rings is 1. The van der Waals surface area contributed by atoms with Crippen LogP contribution in [0.4, 0.5) is 0 Å². The van der Waals surface area contributed by atoms with Gasteiger partial charge >= 0.3 is 0 Å². The van der Waals surface area contributed by atoms with Gasteiger partial charge in [0.05, 0.1) is 0 Å². The number of H-pyrrole nitrogens is 1. The third-order valence-electron chi connectivity index (χ3n) is 1.91. The van der Waals surface area contributed by atoms with Crippen molar-refractivity contribution in [3.05, 3.63) is 36.2 Å². The van der Waals surface area contributed by atoms with Crippen molar-refractivity contribution in [1.29, 1.82) is 0 Å². The van der Waals surface area contributed by atoms with Crippen LogP contribution in [-0.4, -0.2) is 9.97 Å². The predicted molar refractivity (Wildman–Crippen MR) is 56.0 cm³/mol. The number of hydrogen-bond donors (Lipinski definition) is 2. The molecule has 0 saturated carbocycles. The van der Waals surface area contributed by atoms with Crippen LogP contribution < -0.4 is 0 Å². The van der Waals surface area contributed by atoms with E-state index in [4.69, 9.17) is 0 Å². The van der Waals surface area contributed by atoms with E-state index < -0.39 is 0 Å². The Kier molecular flexibility index (Phi) is 3.90. The summed E-state index contributed by atoms with van der Waals surface area (Å²) >= 11 is 4.39. The minimum atomic E-state index is 0. The number of hydrogen-bond acceptors (Lipinski definition) is 2. The molecule has 1 N–H and O–H groups in total. The molecule has 68 valence electrons. The quantitative estimate of drug-likeness (QED) is 0.595. The smallest absolute Gasteiger partial charge is 0.138 e. The SMILES string of the molecule is Cc1ccc(-c2ncc[nH]2)c(S)c1.[Zn]. The van der Waals surface area contributed by atoms with Crippen molar-refractivity contribution in [1.82, 2.24) is 9.97 Å². The van der Waals surface area contributed by atoms with Crippen molar-refractivity contribution >= 4 is 12.6 Å². The Morgan fingerprint density at radius 2 is 2.14 bits per heavy atom. The number of nitrogens with zero attached hydrogens (tertiary/aromatic N) is 1. The molecule has 0 amide bonds. The van der Waals surface area contributed by atoms with Gasteiger partial charge in [-0.25, -0.2) is 4.98 Å². The van der Waals surface area contributed by atoms with Gasteiger partial charge in [-0.3, -0.25) is 0 Å². The van der Waals surface area contributed by atoms with Gasteiger partial charge in [0.2, 0.25) is 0 Å². The molecule has 0 aliphatic heterocycles. The first-order chi connectivity index (χ1) is 6.27. The minimum Gasteiger partial charge on any atom is -0.345 e. The molecular formula is C10H10N2SZn. The van der Waals surface area contributed by atoms with Gasteiger partial charge in [-0.05, 0) is 24.6 Å². The average Bonchev–Trinajstić information content (AvgIpc) is 2.56. The fourth-order valence-electron chi connectivity index (χ4n) is 1.25. The van der Waals surface area contributed by atoms with Crippen LogP contribution in [0.2, 0.25) is 0 Å². The van der Waals surface area contributed by atoms with Crippen molar-refractivity contribution < 1.29 is 19.5 Å². The van der Waals surface area contributed by atoms with Crippen molar-refractivity contribution in [2.24, 2.45) is 0 Å². The predicted octanol–water partition coefficient (Wildman–Crippen LogP) is 2.67. The summed E-state index contributed by atoms with van der Waals surface area (Å²) < 4.78 is 0. The van der Waals surface area contributed by atoms with Crippen LogP contribution in [0.15, 0.2) is 35.5 Å². The molecule has 0 spiro atoms. The van der Waals surface area contributed by atoms with E-state index >= 15 is 0 Å². The Labute approximate surface area is 101 Å². The second-order valence-corrected chi connectivity index (χ2v) is 3.44. The van der Waals surface area contributed by atoms with Crippen LogP contribution in [0.1, 0.15) is 5.56 Å². The monoisotopic (exact) mass is 254 g/mol. The summed E-state index contributed by atoms with van der Waals surface area (Å²) in [6, 6.07) is 6.11. The number of rotatable bonds is 1. The Morgan fingerprint density at radius 3 is 2.71 bits per heavy atom. The molecule has 2 nitrogen and oxygen atoms in total. The summed E-state index contributed by atoms with van der Waals surface area (Å²) in [7, 11) is 0. The minimum absolute atomic E-state index is 0. The molecule has 2 aromatic rings. The molecule has 0 radical (unpaired) electrons. The fourth-order valence-corrected chi connectivity index (χ4v) is 1.64. The van der Waals surface area contributed by atoms with Crippen LogP contribution in [0.3, 0.4) is 0 Å². The first-order valence-electron chi connectivity index (χ1n) is 4.07. The zero-order valence-electron chi connectivity index (χ0n) is 7.99. The normalized spacial score (nSPS) is 9.57. The summed E-state index contributed by atoms with van der Waals surface area (Å²) in [4.78, 5) is 8.18. The van der Waals surface area contributed by atoms with E-state index in [1.165, 1.54) is 5.56 Å². The second kappa shape index (κ2) is 4.76. The number of aryl methyl sites for hydroxylation is 1. The van der Waals surface area contributed by atoms with Crippen LogP contribution in [0.5, 0.6) is 0 Å². The molecule has 14 heavy (non-hydrogen) atoms. The number of benzene rings is 1. The first-order valence-corrected chi connectivity index (χ1v) is 4.51. The van der Waals surface area contributed by atoms with E-state index in [-0.39, 0.29) is 19.5 Å². The molecule has 1 aromatic carbocycles. The van der Waals surface area contributed by atoms with E-state index in [2.05, 4.69) is 28.7 Å². The number of aromatic nitrogens is 2. The molecular weight excluding hydrogens is 246 g/mol. The van der Waals surface area contributed by atoms with E-state index in [1.807, 2.05) is 25.3 Å². The van der Waals surface area contributed by atoms with Gasteiger partial charge in [-0.1, -0.05) is 6.07 Å².